The number of rotatable bonds is 3. The summed E-state index contributed by atoms with van der Waals surface area (Å²) in [5.74, 6) is 0. The molecule has 1 rings (SSSR count). The Hall–Kier alpha value is -0.980. The first-order valence-corrected chi connectivity index (χ1v) is 4.78. The number of hydrogen-bond acceptors (Lipinski definition) is 2. The molecule has 0 aliphatic heterocycles. The fourth-order valence-corrected chi connectivity index (χ4v) is 1.45. The Kier molecular flexibility index (Phi) is 3.35. The Morgan fingerprint density at radius 1 is 1.38 bits per heavy atom. The fraction of sp³-hybridized carbons (Fsp3) is 0.364. The first-order valence-electron chi connectivity index (χ1n) is 4.37. The lowest BCUT2D eigenvalue weighted by Gasteiger charge is -2.22. The van der Waals surface area contributed by atoms with Gasteiger partial charge in [0.25, 0.3) is 0 Å². The SMILES string of the molecule is CCC(C)(N=C=S)c1ccccc1. The molecule has 1 aromatic rings. The summed E-state index contributed by atoms with van der Waals surface area (Å²) in [6, 6.07) is 10.2. The molecule has 1 nitrogen and oxygen atoms in total. The third-order valence-electron chi connectivity index (χ3n) is 2.38. The largest absolute Gasteiger partial charge is 0.221 e. The summed E-state index contributed by atoms with van der Waals surface area (Å²) < 4.78 is 0. The third kappa shape index (κ3) is 2.24. The van der Waals surface area contributed by atoms with Crippen LogP contribution in [0.25, 0.3) is 0 Å². The van der Waals surface area contributed by atoms with Crippen LogP contribution in [0.1, 0.15) is 25.8 Å². The summed E-state index contributed by atoms with van der Waals surface area (Å²) in [6.07, 6.45) is 0.931. The average Bonchev–Trinajstić information content (AvgIpc) is 2.19. The summed E-state index contributed by atoms with van der Waals surface area (Å²) in [5, 5.41) is 2.47. The lowest BCUT2D eigenvalue weighted by molar-refractivity contribution is 0.484. The highest BCUT2D eigenvalue weighted by atomic mass is 32.1. The van der Waals surface area contributed by atoms with E-state index < -0.39 is 0 Å². The minimum Gasteiger partial charge on any atom is -0.221 e. The monoisotopic (exact) mass is 191 g/mol. The van der Waals surface area contributed by atoms with Crippen LogP contribution in [0.3, 0.4) is 0 Å². The van der Waals surface area contributed by atoms with Crippen molar-refractivity contribution >= 4 is 17.4 Å². The summed E-state index contributed by atoms with van der Waals surface area (Å²) in [4.78, 5) is 4.21. The predicted molar refractivity (Wildman–Crippen MR) is 59.1 cm³/mol. The van der Waals surface area contributed by atoms with Crippen LogP contribution in [0.5, 0.6) is 0 Å². The molecule has 13 heavy (non-hydrogen) atoms. The average molecular weight is 191 g/mol. The van der Waals surface area contributed by atoms with E-state index in [1.807, 2.05) is 18.2 Å². The molecule has 0 aliphatic carbocycles. The zero-order valence-electron chi connectivity index (χ0n) is 7.95. The standard InChI is InChI=1S/C11H13NS/c1-3-11(2,12-9-13)10-7-5-4-6-8-10/h4-8H,3H2,1-2H3. The number of thiocarbonyl (C=S) groups is 1. The zero-order chi connectivity index (χ0) is 9.73. The van der Waals surface area contributed by atoms with Gasteiger partial charge in [-0.25, -0.2) is 4.99 Å². The van der Waals surface area contributed by atoms with Crippen LogP contribution in [-0.2, 0) is 5.54 Å². The van der Waals surface area contributed by atoms with Crippen LogP contribution in [0, 0.1) is 0 Å². The number of nitrogens with zero attached hydrogens (tertiary/aromatic N) is 1. The molecular formula is C11H13NS. The number of benzene rings is 1. The Morgan fingerprint density at radius 2 is 2.00 bits per heavy atom. The van der Waals surface area contributed by atoms with Crippen LogP contribution in [-0.4, -0.2) is 5.16 Å². The Balaban J connectivity index is 3.10. The van der Waals surface area contributed by atoms with E-state index >= 15 is 0 Å². The number of hydrogen-bond donors (Lipinski definition) is 0. The van der Waals surface area contributed by atoms with Crippen LogP contribution in [0.4, 0.5) is 0 Å². The van der Waals surface area contributed by atoms with Gasteiger partial charge in [0, 0.05) is 0 Å². The van der Waals surface area contributed by atoms with Crippen molar-refractivity contribution in [2.45, 2.75) is 25.8 Å². The van der Waals surface area contributed by atoms with Gasteiger partial charge < -0.3 is 0 Å². The lowest BCUT2D eigenvalue weighted by Crippen LogP contribution is -2.17. The van der Waals surface area contributed by atoms with Gasteiger partial charge in [0.05, 0.1) is 10.7 Å². The van der Waals surface area contributed by atoms with E-state index in [-0.39, 0.29) is 5.54 Å². The molecule has 0 saturated heterocycles. The summed E-state index contributed by atoms with van der Waals surface area (Å²) in [5.41, 5.74) is 0.984. The Bertz CT molecular complexity index is 314. The molecule has 0 radical (unpaired) electrons. The molecule has 2 heteroatoms. The molecule has 0 amide bonds. The van der Waals surface area contributed by atoms with Gasteiger partial charge in [0.2, 0.25) is 0 Å². The maximum Gasteiger partial charge on any atom is 0.0928 e. The minimum absolute atomic E-state index is 0.205. The molecular weight excluding hydrogens is 178 g/mol. The Morgan fingerprint density at radius 3 is 2.46 bits per heavy atom. The molecule has 0 saturated carbocycles. The quantitative estimate of drug-likeness (QED) is 0.527. The van der Waals surface area contributed by atoms with E-state index in [1.54, 1.807) is 0 Å². The highest BCUT2D eigenvalue weighted by molar-refractivity contribution is 7.78. The van der Waals surface area contributed by atoms with Gasteiger partial charge in [-0.2, -0.15) is 0 Å². The molecule has 0 aliphatic rings. The van der Waals surface area contributed by atoms with Crippen LogP contribution < -0.4 is 0 Å². The summed E-state index contributed by atoms with van der Waals surface area (Å²) in [6.45, 7) is 4.17. The molecule has 1 unspecified atom stereocenters. The summed E-state index contributed by atoms with van der Waals surface area (Å²) >= 11 is 4.65. The van der Waals surface area contributed by atoms with Crippen LogP contribution in [0.15, 0.2) is 35.3 Å². The first-order chi connectivity index (χ1) is 6.23. The molecule has 1 atom stereocenters. The van der Waals surface area contributed by atoms with Gasteiger partial charge in [0.1, 0.15) is 0 Å². The maximum absolute atomic E-state index is 4.65. The normalized spacial score (nSPS) is 14.3. The van der Waals surface area contributed by atoms with Crippen LogP contribution in [0.2, 0.25) is 0 Å². The Labute approximate surface area is 84.5 Å². The van der Waals surface area contributed by atoms with E-state index in [9.17, 15) is 0 Å². The molecule has 0 fully saturated rings. The highest BCUT2D eigenvalue weighted by Gasteiger charge is 2.22. The van der Waals surface area contributed by atoms with Crippen molar-refractivity contribution in [2.24, 2.45) is 4.99 Å². The zero-order valence-corrected chi connectivity index (χ0v) is 8.77. The number of isothiocyanates is 1. The van der Waals surface area contributed by atoms with E-state index in [4.69, 9.17) is 0 Å². The molecule has 1 aromatic carbocycles. The lowest BCUT2D eigenvalue weighted by atomic mass is 9.90. The minimum atomic E-state index is -0.205. The molecule has 68 valence electrons. The topological polar surface area (TPSA) is 12.4 Å². The van der Waals surface area contributed by atoms with Gasteiger partial charge in [-0.15, -0.1) is 0 Å². The second-order valence-electron chi connectivity index (χ2n) is 3.20. The van der Waals surface area contributed by atoms with Crippen LogP contribution >= 0.6 is 12.2 Å². The molecule has 0 spiro atoms. The molecule has 0 aromatic heterocycles. The molecule has 0 heterocycles. The van der Waals surface area contributed by atoms with Gasteiger partial charge >= 0.3 is 0 Å². The van der Waals surface area contributed by atoms with E-state index in [0.29, 0.717) is 0 Å². The molecule has 0 bridgehead atoms. The molecule has 0 N–H and O–H groups in total. The van der Waals surface area contributed by atoms with Crippen molar-refractivity contribution in [3.63, 3.8) is 0 Å². The maximum atomic E-state index is 4.65. The second-order valence-corrected chi connectivity index (χ2v) is 3.38. The van der Waals surface area contributed by atoms with Crippen molar-refractivity contribution in [3.8, 4) is 0 Å². The van der Waals surface area contributed by atoms with Gasteiger partial charge in [-0.3, -0.25) is 0 Å². The number of aliphatic imine (C=N–C) groups is 1. The van der Waals surface area contributed by atoms with E-state index in [2.05, 4.69) is 48.4 Å². The second kappa shape index (κ2) is 4.31. The van der Waals surface area contributed by atoms with Gasteiger partial charge in [-0.1, -0.05) is 37.3 Å². The van der Waals surface area contributed by atoms with Gasteiger partial charge in [0.15, 0.2) is 0 Å². The van der Waals surface area contributed by atoms with Crippen molar-refractivity contribution in [2.75, 3.05) is 0 Å². The van der Waals surface area contributed by atoms with Gasteiger partial charge in [-0.05, 0) is 31.1 Å². The first kappa shape index (κ1) is 10.1. The van der Waals surface area contributed by atoms with Crippen molar-refractivity contribution in [1.29, 1.82) is 0 Å². The van der Waals surface area contributed by atoms with E-state index in [0.717, 1.165) is 6.42 Å². The van der Waals surface area contributed by atoms with E-state index in [1.165, 1.54) is 5.56 Å². The van der Waals surface area contributed by atoms with Crippen molar-refractivity contribution in [3.05, 3.63) is 35.9 Å². The van der Waals surface area contributed by atoms with Crippen molar-refractivity contribution in [1.82, 2.24) is 0 Å². The third-order valence-corrected chi connectivity index (χ3v) is 2.47. The van der Waals surface area contributed by atoms with Crippen molar-refractivity contribution < 1.29 is 0 Å². The highest BCUT2D eigenvalue weighted by Crippen LogP contribution is 2.27. The fourth-order valence-electron chi connectivity index (χ4n) is 1.25. The predicted octanol–water partition coefficient (Wildman–Crippen LogP) is 3.41. The smallest absolute Gasteiger partial charge is 0.0928 e. The summed E-state index contributed by atoms with van der Waals surface area (Å²) in [7, 11) is 0.